The molecular weight excluding hydrogens is 224 g/mol. The molecule has 1 atom stereocenters. The maximum absolute atomic E-state index is 11.8. The van der Waals surface area contributed by atoms with Crippen molar-refractivity contribution in [3.8, 4) is 0 Å². The summed E-state index contributed by atoms with van der Waals surface area (Å²) < 4.78 is 9.06. The highest BCUT2D eigenvalue weighted by Crippen LogP contribution is 2.22. The lowest BCUT2D eigenvalue weighted by atomic mass is 9.84. The van der Waals surface area contributed by atoms with Crippen LogP contribution in [0.25, 0.3) is 0 Å². The van der Waals surface area contributed by atoms with Crippen molar-refractivity contribution in [2.24, 2.45) is 11.3 Å². The lowest BCUT2D eigenvalue weighted by Crippen LogP contribution is -2.28. The molecule has 0 rings (SSSR count). The fraction of sp³-hybridized carbons (Fsp3) is 0.750. The van der Waals surface area contributed by atoms with Crippen molar-refractivity contribution in [2.75, 3.05) is 14.2 Å². The molecule has 0 bridgehead atoms. The van der Waals surface area contributed by atoms with E-state index >= 15 is 0 Å². The monoisotopic (exact) mass is 244 g/mol. The number of rotatable bonds is 5. The Balaban J connectivity index is 4.66. The van der Waals surface area contributed by atoms with Crippen LogP contribution < -0.4 is 0 Å². The van der Waals surface area contributed by atoms with Gasteiger partial charge in [-0.25, -0.2) is 0 Å². The molecule has 0 aromatic rings. The predicted octanol–water partition coefficient (Wildman–Crippen LogP) is 1.34. The summed E-state index contributed by atoms with van der Waals surface area (Å²) in [4.78, 5) is 34.4. The maximum atomic E-state index is 11.8. The minimum atomic E-state index is -0.765. The van der Waals surface area contributed by atoms with Crippen molar-refractivity contribution < 1.29 is 23.9 Å². The van der Waals surface area contributed by atoms with Crippen molar-refractivity contribution in [3.63, 3.8) is 0 Å². The van der Waals surface area contributed by atoms with Crippen LogP contribution in [0.4, 0.5) is 0 Å². The Morgan fingerprint density at radius 3 is 1.88 bits per heavy atom. The zero-order chi connectivity index (χ0) is 13.6. The highest BCUT2D eigenvalue weighted by molar-refractivity contribution is 5.89. The standard InChI is InChI=1S/C12H20O5/c1-12(2,3)9(13)6-8(11(15)17-5)7-10(14)16-4/h8H,6-7H2,1-5H3/t8-/m0/s1. The Labute approximate surface area is 101 Å². The Kier molecular flexibility index (Phi) is 5.85. The zero-order valence-corrected chi connectivity index (χ0v) is 11.0. The van der Waals surface area contributed by atoms with Crippen LogP contribution in [0.15, 0.2) is 0 Å². The molecule has 5 nitrogen and oxygen atoms in total. The van der Waals surface area contributed by atoms with E-state index in [1.54, 1.807) is 20.8 Å². The number of carbonyl (C=O) groups excluding carboxylic acids is 3. The summed E-state index contributed by atoms with van der Waals surface area (Å²) in [5, 5.41) is 0. The summed E-state index contributed by atoms with van der Waals surface area (Å²) in [7, 11) is 2.47. The first-order valence-corrected chi connectivity index (χ1v) is 5.40. The molecule has 0 fully saturated rings. The van der Waals surface area contributed by atoms with Gasteiger partial charge in [-0.15, -0.1) is 0 Å². The van der Waals surface area contributed by atoms with Crippen LogP contribution in [-0.2, 0) is 23.9 Å². The number of carbonyl (C=O) groups is 3. The molecule has 0 aliphatic carbocycles. The average Bonchev–Trinajstić information content (AvgIpc) is 2.25. The predicted molar refractivity (Wildman–Crippen MR) is 61.2 cm³/mol. The summed E-state index contributed by atoms with van der Waals surface area (Å²) in [6.45, 7) is 5.30. The van der Waals surface area contributed by atoms with Gasteiger partial charge in [-0.1, -0.05) is 20.8 Å². The minimum Gasteiger partial charge on any atom is -0.469 e. The highest BCUT2D eigenvalue weighted by atomic mass is 16.5. The number of esters is 2. The van der Waals surface area contributed by atoms with Crippen LogP contribution in [0.2, 0.25) is 0 Å². The molecule has 17 heavy (non-hydrogen) atoms. The molecule has 0 saturated heterocycles. The van der Waals surface area contributed by atoms with Crippen LogP contribution in [0.3, 0.4) is 0 Å². The van der Waals surface area contributed by atoms with Gasteiger partial charge in [0.15, 0.2) is 0 Å². The highest BCUT2D eigenvalue weighted by Gasteiger charge is 2.30. The SMILES string of the molecule is COC(=O)C[C@H](CC(=O)C(C)(C)C)C(=O)OC. The van der Waals surface area contributed by atoms with Crippen LogP contribution in [0.1, 0.15) is 33.6 Å². The van der Waals surface area contributed by atoms with E-state index in [1.807, 2.05) is 0 Å². The van der Waals surface area contributed by atoms with Crippen LogP contribution in [0, 0.1) is 11.3 Å². The fourth-order valence-electron chi connectivity index (χ4n) is 1.22. The lowest BCUT2D eigenvalue weighted by Gasteiger charge is -2.20. The van der Waals surface area contributed by atoms with E-state index in [0.717, 1.165) is 0 Å². The molecule has 0 aliphatic heterocycles. The molecule has 0 N–H and O–H groups in total. The number of hydrogen-bond acceptors (Lipinski definition) is 5. The molecule has 5 heteroatoms. The van der Waals surface area contributed by atoms with Gasteiger partial charge >= 0.3 is 11.9 Å². The molecule has 0 aliphatic rings. The molecular formula is C12H20O5. The van der Waals surface area contributed by atoms with Crippen LogP contribution in [0.5, 0.6) is 0 Å². The first kappa shape index (κ1) is 15.6. The van der Waals surface area contributed by atoms with Gasteiger partial charge in [0, 0.05) is 11.8 Å². The second-order valence-corrected chi connectivity index (χ2v) is 4.88. The summed E-state index contributed by atoms with van der Waals surface area (Å²) in [5.41, 5.74) is -0.539. The van der Waals surface area contributed by atoms with E-state index in [2.05, 4.69) is 9.47 Å². The summed E-state index contributed by atoms with van der Waals surface area (Å²) in [6, 6.07) is 0. The van der Waals surface area contributed by atoms with E-state index in [0.29, 0.717) is 0 Å². The van der Waals surface area contributed by atoms with Gasteiger partial charge in [-0.2, -0.15) is 0 Å². The van der Waals surface area contributed by atoms with Crippen molar-refractivity contribution in [1.82, 2.24) is 0 Å². The lowest BCUT2D eigenvalue weighted by molar-refractivity contribution is -0.153. The van der Waals surface area contributed by atoms with E-state index in [4.69, 9.17) is 0 Å². The number of hydrogen-bond donors (Lipinski definition) is 0. The van der Waals surface area contributed by atoms with Crippen molar-refractivity contribution in [1.29, 1.82) is 0 Å². The third kappa shape index (κ3) is 5.47. The molecule has 0 spiro atoms. The fourth-order valence-corrected chi connectivity index (χ4v) is 1.22. The first-order valence-electron chi connectivity index (χ1n) is 5.40. The van der Waals surface area contributed by atoms with Gasteiger partial charge in [-0.05, 0) is 0 Å². The first-order chi connectivity index (χ1) is 7.72. The summed E-state index contributed by atoms with van der Waals surface area (Å²) >= 11 is 0. The van der Waals surface area contributed by atoms with Gasteiger partial charge in [0.1, 0.15) is 5.78 Å². The Hall–Kier alpha value is -1.39. The molecule has 0 aromatic heterocycles. The van der Waals surface area contributed by atoms with Gasteiger partial charge in [0.25, 0.3) is 0 Å². The molecule has 0 amide bonds. The third-order valence-corrected chi connectivity index (χ3v) is 2.44. The largest absolute Gasteiger partial charge is 0.469 e. The Morgan fingerprint density at radius 2 is 1.53 bits per heavy atom. The van der Waals surface area contributed by atoms with E-state index < -0.39 is 23.3 Å². The Morgan fingerprint density at radius 1 is 1.00 bits per heavy atom. The average molecular weight is 244 g/mol. The number of methoxy groups -OCH3 is 2. The van der Waals surface area contributed by atoms with Gasteiger partial charge < -0.3 is 9.47 Å². The zero-order valence-electron chi connectivity index (χ0n) is 11.0. The van der Waals surface area contributed by atoms with E-state index in [-0.39, 0.29) is 18.6 Å². The van der Waals surface area contributed by atoms with E-state index in [1.165, 1.54) is 14.2 Å². The second kappa shape index (κ2) is 6.37. The van der Waals surface area contributed by atoms with Crippen molar-refractivity contribution in [3.05, 3.63) is 0 Å². The van der Waals surface area contributed by atoms with Gasteiger partial charge in [0.05, 0.1) is 26.6 Å². The molecule has 0 aromatic carbocycles. The molecule has 0 heterocycles. The van der Waals surface area contributed by atoms with Crippen LogP contribution >= 0.6 is 0 Å². The summed E-state index contributed by atoms with van der Waals surface area (Å²) in [6.07, 6.45) is -0.143. The Bertz CT molecular complexity index is 301. The minimum absolute atomic E-state index is 0.00866. The van der Waals surface area contributed by atoms with Crippen molar-refractivity contribution in [2.45, 2.75) is 33.6 Å². The maximum Gasteiger partial charge on any atom is 0.309 e. The van der Waals surface area contributed by atoms with Crippen molar-refractivity contribution >= 4 is 17.7 Å². The van der Waals surface area contributed by atoms with Gasteiger partial charge in [0.2, 0.25) is 0 Å². The van der Waals surface area contributed by atoms with Gasteiger partial charge in [-0.3, -0.25) is 14.4 Å². The molecule has 0 radical (unpaired) electrons. The second-order valence-electron chi connectivity index (χ2n) is 4.88. The third-order valence-electron chi connectivity index (χ3n) is 2.44. The van der Waals surface area contributed by atoms with Crippen LogP contribution in [-0.4, -0.2) is 31.9 Å². The number of ether oxygens (including phenoxy) is 2. The normalized spacial score (nSPS) is 12.8. The quantitative estimate of drug-likeness (QED) is 0.683. The van der Waals surface area contributed by atoms with E-state index in [9.17, 15) is 14.4 Å². The molecule has 98 valence electrons. The molecule has 0 saturated carbocycles. The smallest absolute Gasteiger partial charge is 0.309 e. The molecule has 0 unspecified atom stereocenters. The topological polar surface area (TPSA) is 69.7 Å². The number of ketones is 1. The summed E-state index contributed by atoms with van der Waals surface area (Å²) in [5.74, 6) is -1.94. The number of Topliss-reactive ketones (excluding diaryl/α,β-unsaturated/α-hetero) is 1.